The summed E-state index contributed by atoms with van der Waals surface area (Å²) in [5.74, 6) is -0.0848. The first-order valence-corrected chi connectivity index (χ1v) is 13.5. The SMILES string of the molecule is COCCn1c(-c2nc3cc(C(=O)N4CCC[C@@H](OC(=O)NC(C)(C)C)C4)ccn3c2C)cc2ccccc21. The molecule has 39 heavy (non-hydrogen) atoms. The minimum absolute atomic E-state index is 0.0848. The van der Waals surface area contributed by atoms with Gasteiger partial charge < -0.3 is 28.7 Å². The first-order chi connectivity index (χ1) is 18.6. The van der Waals surface area contributed by atoms with Crippen molar-refractivity contribution < 1.29 is 19.1 Å². The number of aryl methyl sites for hydroxylation is 1. The zero-order chi connectivity index (χ0) is 27.7. The lowest BCUT2D eigenvalue weighted by molar-refractivity contribution is 0.0322. The van der Waals surface area contributed by atoms with Crippen LogP contribution in [0.4, 0.5) is 4.79 Å². The molecule has 0 bridgehead atoms. The van der Waals surface area contributed by atoms with E-state index < -0.39 is 6.09 Å². The van der Waals surface area contributed by atoms with Crippen molar-refractivity contribution in [1.29, 1.82) is 0 Å². The van der Waals surface area contributed by atoms with E-state index in [1.165, 1.54) is 0 Å². The molecule has 4 aromatic rings. The molecule has 0 unspecified atom stereocenters. The first kappa shape index (κ1) is 26.7. The summed E-state index contributed by atoms with van der Waals surface area (Å²) in [5, 5.41) is 3.97. The van der Waals surface area contributed by atoms with Crippen molar-refractivity contribution >= 4 is 28.6 Å². The summed E-state index contributed by atoms with van der Waals surface area (Å²) < 4.78 is 15.2. The molecular weight excluding hydrogens is 494 g/mol. The van der Waals surface area contributed by atoms with Gasteiger partial charge in [-0.2, -0.15) is 0 Å². The maximum Gasteiger partial charge on any atom is 0.407 e. The lowest BCUT2D eigenvalue weighted by Crippen LogP contribution is -2.47. The predicted molar refractivity (Wildman–Crippen MR) is 151 cm³/mol. The highest BCUT2D eigenvalue weighted by atomic mass is 16.6. The van der Waals surface area contributed by atoms with E-state index in [1.54, 1.807) is 12.0 Å². The molecule has 0 aliphatic carbocycles. The number of nitrogens with zero attached hydrogens (tertiary/aromatic N) is 4. The van der Waals surface area contributed by atoms with Crippen LogP contribution in [-0.4, -0.2) is 69.3 Å². The van der Waals surface area contributed by atoms with E-state index in [0.29, 0.717) is 37.5 Å². The van der Waals surface area contributed by atoms with Crippen LogP contribution >= 0.6 is 0 Å². The van der Waals surface area contributed by atoms with E-state index in [9.17, 15) is 9.59 Å². The van der Waals surface area contributed by atoms with Crippen molar-refractivity contribution in [3.05, 3.63) is 59.9 Å². The Balaban J connectivity index is 1.40. The molecule has 1 saturated heterocycles. The lowest BCUT2D eigenvalue weighted by atomic mass is 10.1. The molecule has 0 radical (unpaired) electrons. The monoisotopic (exact) mass is 531 g/mol. The van der Waals surface area contributed by atoms with Crippen molar-refractivity contribution in [2.24, 2.45) is 0 Å². The Morgan fingerprint density at radius 3 is 2.72 bits per heavy atom. The number of likely N-dealkylation sites (tertiary alicyclic amines) is 1. The minimum atomic E-state index is -0.452. The number of methoxy groups -OCH3 is 1. The standard InChI is InChI=1S/C30H37N5O4/c1-20-27(25-17-21-9-6-7-11-24(21)35(25)15-16-38-5)31-26-18-22(12-14-34(20)26)28(36)33-13-8-10-23(19-33)39-29(37)32-30(2,3)4/h6-7,9,11-12,14,17-18,23H,8,10,13,15-16,19H2,1-5H3,(H,32,37)/t23-/m1/s1. The normalized spacial score (nSPS) is 16.1. The molecule has 1 aliphatic heterocycles. The number of rotatable bonds is 6. The number of alkyl carbamates (subject to hydrolysis) is 1. The van der Waals surface area contributed by atoms with Crippen LogP contribution in [0.1, 0.15) is 49.7 Å². The Morgan fingerprint density at radius 2 is 1.95 bits per heavy atom. The van der Waals surface area contributed by atoms with Gasteiger partial charge in [-0.05, 0) is 64.8 Å². The maximum atomic E-state index is 13.5. The number of para-hydroxylation sites is 1. The van der Waals surface area contributed by atoms with Crippen molar-refractivity contribution in [3.8, 4) is 11.4 Å². The summed E-state index contributed by atoms with van der Waals surface area (Å²) in [4.78, 5) is 32.5. The largest absolute Gasteiger partial charge is 0.444 e. The summed E-state index contributed by atoms with van der Waals surface area (Å²) >= 11 is 0. The second-order valence-corrected chi connectivity index (χ2v) is 11.2. The summed E-state index contributed by atoms with van der Waals surface area (Å²) in [6.45, 7) is 10.1. The van der Waals surface area contributed by atoms with Crippen molar-refractivity contribution in [2.75, 3.05) is 26.8 Å². The van der Waals surface area contributed by atoms with Gasteiger partial charge in [-0.25, -0.2) is 9.78 Å². The van der Waals surface area contributed by atoms with Gasteiger partial charge in [0.1, 0.15) is 17.4 Å². The van der Waals surface area contributed by atoms with Crippen molar-refractivity contribution in [3.63, 3.8) is 0 Å². The summed E-state index contributed by atoms with van der Waals surface area (Å²) in [7, 11) is 1.71. The molecule has 9 nitrogen and oxygen atoms in total. The highest BCUT2D eigenvalue weighted by Crippen LogP contribution is 2.31. The number of fused-ring (bicyclic) bond motifs is 2. The highest BCUT2D eigenvalue weighted by molar-refractivity contribution is 5.95. The van der Waals surface area contributed by atoms with Gasteiger partial charge in [0.2, 0.25) is 0 Å². The molecule has 9 heteroatoms. The van der Waals surface area contributed by atoms with Crippen LogP contribution in [0.2, 0.25) is 0 Å². The fourth-order valence-corrected chi connectivity index (χ4v) is 5.26. The molecule has 206 valence electrons. The molecule has 3 aromatic heterocycles. The Morgan fingerprint density at radius 1 is 1.15 bits per heavy atom. The zero-order valence-corrected chi connectivity index (χ0v) is 23.4. The molecule has 1 atom stereocenters. The Bertz CT molecular complexity index is 1510. The molecular formula is C30H37N5O4. The maximum absolute atomic E-state index is 13.5. The number of benzene rings is 1. The number of pyridine rings is 1. The molecule has 4 heterocycles. The van der Waals surface area contributed by atoms with E-state index in [-0.39, 0.29) is 17.6 Å². The summed E-state index contributed by atoms with van der Waals surface area (Å²) in [5.41, 5.74) is 4.94. The third-order valence-corrected chi connectivity index (χ3v) is 7.10. The van der Waals surface area contributed by atoms with E-state index >= 15 is 0 Å². The smallest absolute Gasteiger partial charge is 0.407 e. The number of piperidine rings is 1. The minimum Gasteiger partial charge on any atom is -0.444 e. The van der Waals surface area contributed by atoms with Crippen LogP contribution in [0.5, 0.6) is 0 Å². The fraction of sp³-hybridized carbons (Fsp3) is 0.433. The summed E-state index contributed by atoms with van der Waals surface area (Å²) in [6, 6.07) is 14.1. The number of carbonyl (C=O) groups is 2. The number of amides is 2. The lowest BCUT2D eigenvalue weighted by Gasteiger charge is -2.33. The average molecular weight is 532 g/mol. The fourth-order valence-electron chi connectivity index (χ4n) is 5.26. The van der Waals surface area contributed by atoms with Crippen LogP contribution in [0.3, 0.4) is 0 Å². The van der Waals surface area contributed by atoms with E-state index in [4.69, 9.17) is 14.5 Å². The van der Waals surface area contributed by atoms with Gasteiger partial charge in [0.15, 0.2) is 0 Å². The van der Waals surface area contributed by atoms with Gasteiger partial charge in [0.05, 0.1) is 18.8 Å². The Kier molecular flexibility index (Phi) is 7.36. The molecule has 1 aliphatic rings. The Labute approximate surface area is 228 Å². The first-order valence-electron chi connectivity index (χ1n) is 13.5. The van der Waals surface area contributed by atoms with E-state index in [2.05, 4.69) is 28.1 Å². The van der Waals surface area contributed by atoms with Crippen LogP contribution in [0, 0.1) is 6.92 Å². The van der Waals surface area contributed by atoms with Gasteiger partial charge >= 0.3 is 6.09 Å². The van der Waals surface area contributed by atoms with Gasteiger partial charge in [-0.15, -0.1) is 0 Å². The molecule has 5 rings (SSSR count). The summed E-state index contributed by atoms with van der Waals surface area (Å²) in [6.07, 6.45) is 2.64. The van der Waals surface area contributed by atoms with E-state index in [1.807, 2.05) is 62.6 Å². The second-order valence-electron chi connectivity index (χ2n) is 11.2. The number of aromatic nitrogens is 3. The molecule has 1 aromatic carbocycles. The predicted octanol–water partition coefficient (Wildman–Crippen LogP) is 5.04. The van der Waals surface area contributed by atoms with Gasteiger partial charge in [-0.3, -0.25) is 4.79 Å². The molecule has 2 amide bonds. The van der Waals surface area contributed by atoms with Crippen LogP contribution < -0.4 is 5.32 Å². The second kappa shape index (κ2) is 10.7. The van der Waals surface area contributed by atoms with E-state index in [0.717, 1.165) is 40.8 Å². The third kappa shape index (κ3) is 5.63. The van der Waals surface area contributed by atoms with Crippen LogP contribution in [-0.2, 0) is 16.0 Å². The van der Waals surface area contributed by atoms with Crippen LogP contribution in [0.25, 0.3) is 27.9 Å². The highest BCUT2D eigenvalue weighted by Gasteiger charge is 2.28. The van der Waals surface area contributed by atoms with Crippen LogP contribution in [0.15, 0.2) is 48.7 Å². The van der Waals surface area contributed by atoms with Crippen molar-refractivity contribution in [2.45, 2.75) is 58.7 Å². The van der Waals surface area contributed by atoms with Gasteiger partial charge in [0.25, 0.3) is 5.91 Å². The molecule has 0 saturated carbocycles. The number of hydrogen-bond donors (Lipinski definition) is 1. The molecule has 1 N–H and O–H groups in total. The van der Waals surface area contributed by atoms with Gasteiger partial charge in [0, 0.05) is 54.1 Å². The number of carbonyl (C=O) groups excluding carboxylic acids is 2. The average Bonchev–Trinajstić information content (AvgIpc) is 3.42. The number of imidazole rings is 1. The third-order valence-electron chi connectivity index (χ3n) is 7.10. The Hall–Kier alpha value is -3.85. The molecule has 1 fully saturated rings. The van der Waals surface area contributed by atoms with Crippen molar-refractivity contribution in [1.82, 2.24) is 24.2 Å². The molecule has 0 spiro atoms. The number of nitrogens with one attached hydrogen (secondary N) is 1. The quantitative estimate of drug-likeness (QED) is 0.377. The zero-order valence-electron chi connectivity index (χ0n) is 23.4. The number of ether oxygens (including phenoxy) is 2. The van der Waals surface area contributed by atoms with Gasteiger partial charge in [-0.1, -0.05) is 18.2 Å². The number of hydrogen-bond acceptors (Lipinski definition) is 5. The topological polar surface area (TPSA) is 90.1 Å².